The monoisotopic (exact) mass is 297 g/mol. The van der Waals surface area contributed by atoms with E-state index < -0.39 is 11.7 Å². The topological polar surface area (TPSA) is 60.5 Å². The van der Waals surface area contributed by atoms with Gasteiger partial charge in [-0.2, -0.15) is 13.2 Å². The molecule has 0 saturated heterocycles. The van der Waals surface area contributed by atoms with E-state index in [0.29, 0.717) is 12.3 Å². The van der Waals surface area contributed by atoms with E-state index in [1.165, 1.54) is 7.11 Å². The molecule has 0 aliphatic carbocycles. The summed E-state index contributed by atoms with van der Waals surface area (Å²) in [6.07, 6.45) is -3.92. The summed E-state index contributed by atoms with van der Waals surface area (Å²) in [5, 5.41) is 3.20. The molecule has 0 fully saturated rings. The normalized spacial score (nSPS) is 12.4. The lowest BCUT2D eigenvalue weighted by Gasteiger charge is -2.09. The Morgan fingerprint density at radius 3 is 2.56 bits per heavy atom. The van der Waals surface area contributed by atoms with Crippen LogP contribution in [0.2, 0.25) is 5.02 Å². The molecule has 1 aromatic heterocycles. The molecule has 0 amide bonds. The first-order valence-corrected chi connectivity index (χ1v) is 5.20. The summed E-state index contributed by atoms with van der Waals surface area (Å²) in [5.41, 5.74) is 4.21. The van der Waals surface area contributed by atoms with Crippen molar-refractivity contribution in [2.45, 2.75) is 6.18 Å². The van der Waals surface area contributed by atoms with E-state index in [9.17, 15) is 13.2 Å². The third-order valence-corrected chi connectivity index (χ3v) is 2.29. The van der Waals surface area contributed by atoms with Gasteiger partial charge in [0, 0.05) is 6.20 Å². The largest absolute Gasteiger partial charge is 0.417 e. The highest BCUT2D eigenvalue weighted by molar-refractivity contribution is 7.82. The Morgan fingerprint density at radius 1 is 1.56 bits per heavy atom. The standard InChI is InChI=1S/C9H7ClF3N3OS/c1-17-16-7(8(14)18)6-5(10)2-4(3-15-6)9(11,12)13/h2-3H,1H3,(H2,14,18). The van der Waals surface area contributed by atoms with Gasteiger partial charge < -0.3 is 10.6 Å². The predicted molar refractivity (Wildman–Crippen MR) is 64.6 cm³/mol. The molecule has 2 N–H and O–H groups in total. The maximum Gasteiger partial charge on any atom is 0.417 e. The van der Waals surface area contributed by atoms with Gasteiger partial charge in [-0.05, 0) is 6.07 Å². The molecule has 1 rings (SSSR count). The predicted octanol–water partition coefficient (Wildman–Crippen LogP) is 2.39. The van der Waals surface area contributed by atoms with Gasteiger partial charge in [0.25, 0.3) is 0 Å². The second-order valence-electron chi connectivity index (χ2n) is 3.04. The minimum atomic E-state index is -4.53. The molecule has 4 nitrogen and oxygen atoms in total. The number of nitrogens with two attached hydrogens (primary N) is 1. The first-order valence-electron chi connectivity index (χ1n) is 4.41. The molecule has 0 radical (unpaired) electrons. The number of pyridine rings is 1. The molecule has 1 aromatic rings. The molecule has 9 heteroatoms. The number of halogens is 4. The van der Waals surface area contributed by atoms with Crippen molar-refractivity contribution in [3.05, 3.63) is 28.5 Å². The van der Waals surface area contributed by atoms with Crippen LogP contribution in [0.15, 0.2) is 17.4 Å². The second kappa shape index (κ2) is 5.49. The fourth-order valence-corrected chi connectivity index (χ4v) is 1.45. The molecule has 0 aliphatic heterocycles. The van der Waals surface area contributed by atoms with Crippen molar-refractivity contribution < 1.29 is 18.0 Å². The minimum absolute atomic E-state index is 0.0704. The molecule has 1 heterocycles. The smallest absolute Gasteiger partial charge is 0.399 e. The van der Waals surface area contributed by atoms with Crippen molar-refractivity contribution in [2.24, 2.45) is 10.9 Å². The summed E-state index contributed by atoms with van der Waals surface area (Å²) < 4.78 is 37.2. The van der Waals surface area contributed by atoms with Crippen LogP contribution in [-0.4, -0.2) is 22.8 Å². The van der Waals surface area contributed by atoms with Gasteiger partial charge in [0.05, 0.1) is 10.6 Å². The van der Waals surface area contributed by atoms with Crippen LogP contribution in [0, 0.1) is 0 Å². The molecule has 0 unspecified atom stereocenters. The number of aromatic nitrogens is 1. The van der Waals surface area contributed by atoms with Crippen LogP contribution >= 0.6 is 23.8 Å². The molecular weight excluding hydrogens is 291 g/mol. The van der Waals surface area contributed by atoms with E-state index in [-0.39, 0.29) is 21.4 Å². The van der Waals surface area contributed by atoms with Gasteiger partial charge in [-0.3, -0.25) is 4.98 Å². The van der Waals surface area contributed by atoms with Crippen LogP contribution in [0.25, 0.3) is 0 Å². The van der Waals surface area contributed by atoms with Gasteiger partial charge in [0.15, 0.2) is 5.71 Å². The number of nitrogens with zero attached hydrogens (tertiary/aromatic N) is 2. The van der Waals surface area contributed by atoms with Crippen molar-refractivity contribution in [1.82, 2.24) is 4.98 Å². The van der Waals surface area contributed by atoms with Gasteiger partial charge in [-0.1, -0.05) is 29.0 Å². The Hall–Kier alpha value is -1.41. The SMILES string of the molecule is CON=C(C(N)=S)c1ncc(C(F)(F)F)cc1Cl. The van der Waals surface area contributed by atoms with Gasteiger partial charge >= 0.3 is 6.18 Å². The van der Waals surface area contributed by atoms with Gasteiger partial charge in [0.2, 0.25) is 0 Å². The maximum atomic E-state index is 12.4. The van der Waals surface area contributed by atoms with Gasteiger partial charge in [-0.25, -0.2) is 0 Å². The third-order valence-electron chi connectivity index (χ3n) is 1.81. The van der Waals surface area contributed by atoms with Crippen molar-refractivity contribution in [3.8, 4) is 0 Å². The third kappa shape index (κ3) is 3.30. The molecule has 0 atom stereocenters. The van der Waals surface area contributed by atoms with Crippen molar-refractivity contribution >= 4 is 34.5 Å². The molecule has 98 valence electrons. The average Bonchev–Trinajstić information content (AvgIpc) is 2.24. The number of hydrogen-bond donors (Lipinski definition) is 1. The summed E-state index contributed by atoms with van der Waals surface area (Å²) in [5.74, 6) is 0. The molecular formula is C9H7ClF3N3OS. The summed E-state index contributed by atoms with van der Waals surface area (Å²) >= 11 is 10.4. The number of oxime groups is 1. The highest BCUT2D eigenvalue weighted by Crippen LogP contribution is 2.31. The van der Waals surface area contributed by atoms with Crippen molar-refractivity contribution in [1.29, 1.82) is 0 Å². The zero-order valence-electron chi connectivity index (χ0n) is 8.95. The Morgan fingerprint density at radius 2 is 2.17 bits per heavy atom. The van der Waals surface area contributed by atoms with E-state index in [1.807, 2.05) is 0 Å². The van der Waals surface area contributed by atoms with Crippen LogP contribution in [0.1, 0.15) is 11.3 Å². The van der Waals surface area contributed by atoms with Gasteiger partial charge in [-0.15, -0.1) is 0 Å². The fraction of sp³-hybridized carbons (Fsp3) is 0.222. The number of thiocarbonyl (C=S) groups is 1. The molecule has 18 heavy (non-hydrogen) atoms. The molecule has 0 aliphatic rings. The van der Waals surface area contributed by atoms with E-state index >= 15 is 0 Å². The number of rotatable bonds is 3. The zero-order valence-corrected chi connectivity index (χ0v) is 10.5. The second-order valence-corrected chi connectivity index (χ2v) is 3.89. The van der Waals surface area contributed by atoms with Crippen molar-refractivity contribution in [3.63, 3.8) is 0 Å². The highest BCUT2D eigenvalue weighted by atomic mass is 35.5. The van der Waals surface area contributed by atoms with Crippen LogP contribution in [0.5, 0.6) is 0 Å². The average molecular weight is 298 g/mol. The molecule has 0 spiro atoms. The van der Waals surface area contributed by atoms with Crippen molar-refractivity contribution in [2.75, 3.05) is 7.11 Å². The van der Waals surface area contributed by atoms with Crippen LogP contribution in [0.3, 0.4) is 0 Å². The van der Waals surface area contributed by atoms with E-state index in [0.717, 1.165) is 0 Å². The fourth-order valence-electron chi connectivity index (χ4n) is 1.06. The summed E-state index contributed by atoms with van der Waals surface area (Å²) in [6, 6.07) is 0.716. The van der Waals surface area contributed by atoms with E-state index in [1.54, 1.807) is 0 Å². The number of alkyl halides is 3. The van der Waals surface area contributed by atoms with Crippen LogP contribution in [0.4, 0.5) is 13.2 Å². The molecule has 0 aromatic carbocycles. The molecule has 0 saturated carbocycles. The number of hydrogen-bond acceptors (Lipinski definition) is 4. The highest BCUT2D eigenvalue weighted by Gasteiger charge is 2.32. The lowest BCUT2D eigenvalue weighted by molar-refractivity contribution is -0.137. The van der Waals surface area contributed by atoms with Gasteiger partial charge in [0.1, 0.15) is 17.8 Å². The summed E-state index contributed by atoms with van der Waals surface area (Å²) in [6.45, 7) is 0. The first-order chi connectivity index (χ1) is 8.27. The van der Waals surface area contributed by atoms with E-state index in [2.05, 4.69) is 27.2 Å². The first kappa shape index (κ1) is 14.7. The Labute approximate surface area is 111 Å². The lowest BCUT2D eigenvalue weighted by Crippen LogP contribution is -2.24. The Bertz CT molecular complexity index is 504. The summed E-state index contributed by atoms with van der Waals surface area (Å²) in [7, 11) is 1.23. The molecule has 0 bridgehead atoms. The Kier molecular flexibility index (Phi) is 4.47. The maximum absolute atomic E-state index is 12.4. The van der Waals surface area contributed by atoms with Crippen LogP contribution < -0.4 is 5.73 Å². The lowest BCUT2D eigenvalue weighted by atomic mass is 10.2. The van der Waals surface area contributed by atoms with Crippen LogP contribution in [-0.2, 0) is 11.0 Å². The minimum Gasteiger partial charge on any atom is -0.399 e. The van der Waals surface area contributed by atoms with E-state index in [4.69, 9.17) is 17.3 Å². The summed E-state index contributed by atoms with van der Waals surface area (Å²) in [4.78, 5) is 7.84. The Balaban J connectivity index is 3.28. The quantitative estimate of drug-likeness (QED) is 0.529. The zero-order chi connectivity index (χ0) is 13.9.